The Hall–Kier alpha value is -1.54. The highest BCUT2D eigenvalue weighted by atomic mass is 32.2. The second-order valence-corrected chi connectivity index (χ2v) is 7.84. The van der Waals surface area contributed by atoms with E-state index in [0.29, 0.717) is 16.5 Å². The Morgan fingerprint density at radius 3 is 2.78 bits per heavy atom. The molecule has 124 valence electrons. The van der Waals surface area contributed by atoms with Crippen LogP contribution >= 0.6 is 11.8 Å². The first-order valence-corrected chi connectivity index (χ1v) is 9.15. The van der Waals surface area contributed by atoms with Gasteiger partial charge in [0.1, 0.15) is 11.1 Å². The zero-order chi connectivity index (χ0) is 17.0. The van der Waals surface area contributed by atoms with Gasteiger partial charge in [0, 0.05) is 11.7 Å². The van der Waals surface area contributed by atoms with Crippen LogP contribution in [0.25, 0.3) is 0 Å². The lowest BCUT2D eigenvalue weighted by Crippen LogP contribution is -2.44. The third kappa shape index (κ3) is 4.48. The molecule has 23 heavy (non-hydrogen) atoms. The first-order chi connectivity index (χ1) is 10.9. The van der Waals surface area contributed by atoms with Crippen LogP contribution in [-0.4, -0.2) is 22.2 Å². The number of nitrogens with zero attached hydrogens (tertiary/aromatic N) is 2. The lowest BCUT2D eigenvalue weighted by molar-refractivity contribution is -0.121. The highest BCUT2D eigenvalue weighted by molar-refractivity contribution is 8.00. The van der Waals surface area contributed by atoms with Gasteiger partial charge in [0.15, 0.2) is 0 Å². The summed E-state index contributed by atoms with van der Waals surface area (Å²) in [5.41, 5.74) is 2.36. The van der Waals surface area contributed by atoms with Crippen LogP contribution in [0.3, 0.4) is 0 Å². The summed E-state index contributed by atoms with van der Waals surface area (Å²) in [6.45, 7) is 7.91. The lowest BCUT2D eigenvalue weighted by atomic mass is 9.86. The third-order valence-corrected chi connectivity index (χ3v) is 5.61. The van der Waals surface area contributed by atoms with Gasteiger partial charge in [-0.15, -0.1) is 0 Å². The maximum absolute atomic E-state index is 12.5. The topological polar surface area (TPSA) is 65.8 Å². The van der Waals surface area contributed by atoms with Crippen LogP contribution in [0, 0.1) is 31.1 Å². The number of hydrogen-bond acceptors (Lipinski definition) is 4. The fraction of sp³-hybridized carbons (Fsp3) is 0.611. The van der Waals surface area contributed by atoms with E-state index >= 15 is 0 Å². The smallest absolute Gasteiger partial charge is 0.233 e. The van der Waals surface area contributed by atoms with Gasteiger partial charge in [0.2, 0.25) is 5.91 Å². The van der Waals surface area contributed by atoms with Crippen molar-refractivity contribution in [1.29, 1.82) is 5.26 Å². The summed E-state index contributed by atoms with van der Waals surface area (Å²) in [5.74, 6) is 0.581. The molecule has 0 aromatic carbocycles. The number of aryl methyl sites for hydroxylation is 2. The SMILES string of the molecule is Cc1cc(C)c(C#N)c(S[C@H](C)C(=O)N[C@@H]2CCCC[C@H]2C)n1. The number of thioether (sulfide) groups is 1. The van der Waals surface area contributed by atoms with Gasteiger partial charge in [0.05, 0.1) is 10.8 Å². The molecule has 0 bridgehead atoms. The molecule has 1 fully saturated rings. The summed E-state index contributed by atoms with van der Waals surface area (Å²) in [5, 5.41) is 12.9. The minimum absolute atomic E-state index is 0.0404. The van der Waals surface area contributed by atoms with E-state index in [9.17, 15) is 10.1 Å². The number of pyridine rings is 1. The van der Waals surface area contributed by atoms with Gasteiger partial charge in [0.25, 0.3) is 0 Å². The van der Waals surface area contributed by atoms with Crippen LogP contribution < -0.4 is 5.32 Å². The van der Waals surface area contributed by atoms with Crippen molar-refractivity contribution in [3.8, 4) is 6.07 Å². The fourth-order valence-electron chi connectivity index (χ4n) is 3.08. The van der Waals surface area contributed by atoms with E-state index < -0.39 is 0 Å². The molecule has 1 heterocycles. The molecule has 0 aliphatic heterocycles. The normalized spacial score (nSPS) is 22.2. The van der Waals surface area contributed by atoms with E-state index in [1.165, 1.54) is 31.0 Å². The molecule has 1 amide bonds. The van der Waals surface area contributed by atoms with Gasteiger partial charge in [-0.1, -0.05) is 31.5 Å². The van der Waals surface area contributed by atoms with Crippen LogP contribution in [0.2, 0.25) is 0 Å². The molecule has 1 saturated carbocycles. The molecule has 1 aromatic rings. The summed E-state index contributed by atoms with van der Waals surface area (Å²) in [4.78, 5) is 16.9. The van der Waals surface area contributed by atoms with Crippen LogP contribution in [0.15, 0.2) is 11.1 Å². The molecule has 3 atom stereocenters. The van der Waals surface area contributed by atoms with Gasteiger partial charge in [-0.2, -0.15) is 5.26 Å². The number of aromatic nitrogens is 1. The van der Waals surface area contributed by atoms with Crippen molar-refractivity contribution in [1.82, 2.24) is 10.3 Å². The summed E-state index contributed by atoms with van der Waals surface area (Å²) < 4.78 is 0. The van der Waals surface area contributed by atoms with Gasteiger partial charge < -0.3 is 5.32 Å². The number of carbonyl (C=O) groups is 1. The van der Waals surface area contributed by atoms with Crippen molar-refractivity contribution in [2.45, 2.75) is 69.7 Å². The van der Waals surface area contributed by atoms with E-state index in [2.05, 4.69) is 23.3 Å². The number of nitriles is 1. The van der Waals surface area contributed by atoms with Crippen LogP contribution in [-0.2, 0) is 4.79 Å². The van der Waals surface area contributed by atoms with Gasteiger partial charge in [-0.05, 0) is 51.2 Å². The second kappa shape index (κ2) is 7.83. The molecule has 0 saturated heterocycles. The molecule has 0 unspecified atom stereocenters. The molecule has 4 nitrogen and oxygen atoms in total. The van der Waals surface area contributed by atoms with E-state index in [-0.39, 0.29) is 17.2 Å². The molecule has 2 rings (SSSR count). The first kappa shape index (κ1) is 17.8. The van der Waals surface area contributed by atoms with E-state index in [4.69, 9.17) is 0 Å². The highest BCUT2D eigenvalue weighted by Crippen LogP contribution is 2.28. The molecule has 1 aliphatic rings. The average molecular weight is 331 g/mol. The average Bonchev–Trinajstić information content (AvgIpc) is 2.49. The quantitative estimate of drug-likeness (QED) is 0.853. The number of nitrogens with one attached hydrogen (secondary N) is 1. The van der Waals surface area contributed by atoms with Crippen LogP contribution in [0.5, 0.6) is 0 Å². The molecule has 1 aliphatic carbocycles. The summed E-state index contributed by atoms with van der Waals surface area (Å²) in [6.07, 6.45) is 4.70. The zero-order valence-corrected chi connectivity index (χ0v) is 15.2. The fourth-order valence-corrected chi connectivity index (χ4v) is 4.11. The second-order valence-electron chi connectivity index (χ2n) is 6.51. The lowest BCUT2D eigenvalue weighted by Gasteiger charge is -2.30. The Morgan fingerprint density at radius 1 is 1.43 bits per heavy atom. The Kier molecular flexibility index (Phi) is 6.06. The van der Waals surface area contributed by atoms with Gasteiger partial charge in [-0.3, -0.25) is 4.79 Å². The van der Waals surface area contributed by atoms with Crippen molar-refractivity contribution in [3.63, 3.8) is 0 Å². The molecule has 1 aromatic heterocycles. The Labute approximate surface area is 143 Å². The van der Waals surface area contributed by atoms with Crippen molar-refractivity contribution < 1.29 is 4.79 Å². The molecule has 0 spiro atoms. The molecular formula is C18H25N3OS. The van der Waals surface area contributed by atoms with E-state index in [0.717, 1.165) is 17.7 Å². The number of rotatable bonds is 4. The van der Waals surface area contributed by atoms with E-state index in [1.807, 2.05) is 26.8 Å². The Balaban J connectivity index is 2.05. The largest absolute Gasteiger partial charge is 0.352 e. The van der Waals surface area contributed by atoms with Crippen LogP contribution in [0.1, 0.15) is 56.4 Å². The van der Waals surface area contributed by atoms with Crippen molar-refractivity contribution in [2.75, 3.05) is 0 Å². The minimum atomic E-state index is -0.259. The molecule has 5 heteroatoms. The van der Waals surface area contributed by atoms with Gasteiger partial charge >= 0.3 is 0 Å². The molecule has 1 N–H and O–H groups in total. The number of carbonyl (C=O) groups excluding carboxylic acids is 1. The standard InChI is InChI=1S/C18H25N3OS/c1-11-7-5-6-8-16(11)21-17(22)14(4)23-18-15(10-19)12(2)9-13(3)20-18/h9,11,14,16H,5-8H2,1-4H3,(H,21,22)/t11-,14-,16-/m1/s1. The minimum Gasteiger partial charge on any atom is -0.352 e. The first-order valence-electron chi connectivity index (χ1n) is 8.27. The maximum atomic E-state index is 12.5. The number of hydrogen-bond donors (Lipinski definition) is 1. The Bertz CT molecular complexity index is 623. The van der Waals surface area contributed by atoms with Crippen molar-refractivity contribution in [2.24, 2.45) is 5.92 Å². The third-order valence-electron chi connectivity index (χ3n) is 4.52. The van der Waals surface area contributed by atoms with Crippen LogP contribution in [0.4, 0.5) is 0 Å². The highest BCUT2D eigenvalue weighted by Gasteiger charge is 2.26. The summed E-state index contributed by atoms with van der Waals surface area (Å²) >= 11 is 1.38. The maximum Gasteiger partial charge on any atom is 0.233 e. The van der Waals surface area contributed by atoms with Crippen molar-refractivity contribution >= 4 is 17.7 Å². The summed E-state index contributed by atoms with van der Waals surface area (Å²) in [6, 6.07) is 4.39. The Morgan fingerprint density at radius 2 is 2.13 bits per heavy atom. The molecule has 0 radical (unpaired) electrons. The van der Waals surface area contributed by atoms with Crippen molar-refractivity contribution in [3.05, 3.63) is 22.9 Å². The zero-order valence-electron chi connectivity index (χ0n) is 14.3. The molecular weight excluding hydrogens is 306 g/mol. The predicted molar refractivity (Wildman–Crippen MR) is 93.3 cm³/mol. The predicted octanol–water partition coefficient (Wildman–Crippen LogP) is 3.75. The summed E-state index contributed by atoms with van der Waals surface area (Å²) in [7, 11) is 0. The number of amides is 1. The monoisotopic (exact) mass is 331 g/mol. The van der Waals surface area contributed by atoms with Gasteiger partial charge in [-0.25, -0.2) is 4.98 Å². The van der Waals surface area contributed by atoms with E-state index in [1.54, 1.807) is 0 Å².